The fourth-order valence-corrected chi connectivity index (χ4v) is 2.52. The van der Waals surface area contributed by atoms with Crippen molar-refractivity contribution in [2.45, 2.75) is 22.7 Å². The highest BCUT2D eigenvalue weighted by molar-refractivity contribution is 9.09. The smallest absolute Gasteiger partial charge is 0.294 e. The van der Waals surface area contributed by atoms with E-state index in [0.717, 1.165) is 0 Å². The van der Waals surface area contributed by atoms with Crippen LogP contribution in [0.25, 0.3) is 0 Å². The van der Waals surface area contributed by atoms with Crippen molar-refractivity contribution < 1.29 is 18.0 Å². The van der Waals surface area contributed by atoms with Crippen molar-refractivity contribution in [2.24, 2.45) is 0 Å². The maximum atomic E-state index is 12.2. The molecule has 0 saturated heterocycles. The van der Waals surface area contributed by atoms with Gasteiger partial charge in [0.1, 0.15) is 0 Å². The second-order valence-electron chi connectivity index (χ2n) is 3.36. The second-order valence-corrected chi connectivity index (χ2v) is 5.56. The molecular weight excluding hydrogens is 353 g/mol. The number of ketones is 1. The Hall–Kier alpha value is -0.200. The second kappa shape index (κ2) is 6.82. The van der Waals surface area contributed by atoms with E-state index in [0.29, 0.717) is 10.9 Å². The summed E-state index contributed by atoms with van der Waals surface area (Å²) >= 11 is 8.55. The predicted molar refractivity (Wildman–Crippen MR) is 70.7 cm³/mol. The van der Waals surface area contributed by atoms with Crippen LogP contribution in [0.15, 0.2) is 23.1 Å². The number of hydrogen-bond acceptors (Lipinski definition) is 2. The van der Waals surface area contributed by atoms with Crippen molar-refractivity contribution >= 4 is 45.1 Å². The Morgan fingerprint density at radius 2 is 2.06 bits per heavy atom. The average Bonchev–Trinajstić information content (AvgIpc) is 2.27. The molecule has 0 bridgehead atoms. The summed E-state index contributed by atoms with van der Waals surface area (Å²) < 4.78 is 36.7. The maximum absolute atomic E-state index is 12.2. The van der Waals surface area contributed by atoms with Crippen LogP contribution in [0, 0.1) is 0 Å². The molecule has 0 aromatic heterocycles. The summed E-state index contributed by atoms with van der Waals surface area (Å²) in [7, 11) is 0. The van der Waals surface area contributed by atoms with Gasteiger partial charge < -0.3 is 0 Å². The molecule has 100 valence electrons. The number of hydrogen-bond donors (Lipinski definition) is 0. The van der Waals surface area contributed by atoms with E-state index in [1.807, 2.05) is 0 Å². The van der Waals surface area contributed by atoms with Gasteiger partial charge in [-0.15, -0.1) is 11.6 Å². The largest absolute Gasteiger partial charge is 0.446 e. The number of carbonyl (C=O) groups is 1. The van der Waals surface area contributed by atoms with Gasteiger partial charge in [0.2, 0.25) is 0 Å². The summed E-state index contributed by atoms with van der Waals surface area (Å²) in [4.78, 5) is 11.8. The van der Waals surface area contributed by atoms with Gasteiger partial charge in [0, 0.05) is 28.1 Å². The van der Waals surface area contributed by atoms with Gasteiger partial charge >= 0.3 is 5.51 Å². The number of carbonyl (C=O) groups excluding carboxylic acids is 1. The summed E-state index contributed by atoms with van der Waals surface area (Å²) in [6, 6.07) is 4.03. The molecule has 0 aliphatic heterocycles. The van der Waals surface area contributed by atoms with E-state index in [-0.39, 0.29) is 40.3 Å². The van der Waals surface area contributed by atoms with Crippen molar-refractivity contribution in [1.82, 2.24) is 0 Å². The number of thioether (sulfide) groups is 1. The maximum Gasteiger partial charge on any atom is 0.446 e. The van der Waals surface area contributed by atoms with Gasteiger partial charge in [0.25, 0.3) is 0 Å². The van der Waals surface area contributed by atoms with Gasteiger partial charge in [-0.1, -0.05) is 22.0 Å². The van der Waals surface area contributed by atoms with Gasteiger partial charge in [-0.2, -0.15) is 13.2 Å². The highest BCUT2D eigenvalue weighted by Crippen LogP contribution is 2.37. The molecule has 1 nitrogen and oxygen atoms in total. The molecule has 0 unspecified atom stereocenters. The summed E-state index contributed by atoms with van der Waals surface area (Å²) in [5.41, 5.74) is -3.55. The van der Waals surface area contributed by atoms with Gasteiger partial charge in [0.15, 0.2) is 5.78 Å². The summed E-state index contributed by atoms with van der Waals surface area (Å²) in [6.07, 6.45) is 0.226. The van der Waals surface area contributed by atoms with Crippen molar-refractivity contribution in [1.29, 1.82) is 0 Å². The number of alkyl halides is 5. The normalized spacial score (nSPS) is 11.6. The molecular formula is C11H9BrClF3OS. The lowest BCUT2D eigenvalue weighted by Crippen LogP contribution is -2.05. The van der Waals surface area contributed by atoms with Crippen LogP contribution >= 0.6 is 39.3 Å². The third-order valence-electron chi connectivity index (χ3n) is 2.08. The Kier molecular flexibility index (Phi) is 6.01. The quantitative estimate of drug-likeness (QED) is 0.417. The summed E-state index contributed by atoms with van der Waals surface area (Å²) in [5, 5.41) is 0.463. The van der Waals surface area contributed by atoms with Gasteiger partial charge in [-0.05, 0) is 29.5 Å². The Balaban J connectivity index is 3.05. The van der Waals surface area contributed by atoms with Crippen molar-refractivity contribution in [2.75, 3.05) is 5.33 Å². The zero-order valence-corrected chi connectivity index (χ0v) is 12.2. The first-order valence-corrected chi connectivity index (χ1v) is 7.38. The van der Waals surface area contributed by atoms with Crippen molar-refractivity contribution in [3.63, 3.8) is 0 Å². The van der Waals surface area contributed by atoms with E-state index < -0.39 is 5.51 Å². The minimum absolute atomic E-state index is 0.00529. The van der Waals surface area contributed by atoms with E-state index in [1.54, 1.807) is 0 Å². The lowest BCUT2D eigenvalue weighted by atomic mass is 10.0. The first-order chi connectivity index (χ1) is 8.37. The zero-order chi connectivity index (χ0) is 13.8. The number of Topliss-reactive ketones (excluding diaryl/α,β-unsaturated/α-hetero) is 1. The number of benzene rings is 1. The molecule has 0 fully saturated rings. The first kappa shape index (κ1) is 15.9. The monoisotopic (exact) mass is 360 g/mol. The Morgan fingerprint density at radius 1 is 1.39 bits per heavy atom. The van der Waals surface area contributed by atoms with E-state index in [1.165, 1.54) is 18.2 Å². The van der Waals surface area contributed by atoms with Crippen LogP contribution in [0.2, 0.25) is 0 Å². The molecule has 0 radical (unpaired) electrons. The Labute approximate surface area is 120 Å². The third-order valence-corrected chi connectivity index (χ3v) is 3.49. The molecule has 18 heavy (non-hydrogen) atoms. The lowest BCUT2D eigenvalue weighted by molar-refractivity contribution is -0.0328. The molecule has 0 aliphatic rings. The molecule has 1 aromatic carbocycles. The Morgan fingerprint density at radius 3 is 2.56 bits per heavy atom. The van der Waals surface area contributed by atoms with E-state index in [2.05, 4.69) is 15.9 Å². The van der Waals surface area contributed by atoms with Crippen LogP contribution < -0.4 is 0 Å². The molecule has 0 amide bonds. The third kappa shape index (κ3) is 4.82. The number of halogens is 5. The fourth-order valence-electron chi connectivity index (χ4n) is 1.35. The molecule has 1 aromatic rings. The lowest BCUT2D eigenvalue weighted by Gasteiger charge is -2.10. The SMILES string of the molecule is O=C(CCBr)c1cc(SC(F)(F)F)ccc1CCl. The molecule has 0 aliphatic carbocycles. The molecule has 0 spiro atoms. The molecule has 0 heterocycles. The van der Waals surface area contributed by atoms with E-state index in [9.17, 15) is 18.0 Å². The van der Waals surface area contributed by atoms with Crippen molar-refractivity contribution in [3.8, 4) is 0 Å². The minimum Gasteiger partial charge on any atom is -0.294 e. The van der Waals surface area contributed by atoms with Crippen LogP contribution in [-0.2, 0) is 5.88 Å². The van der Waals surface area contributed by atoms with Crippen molar-refractivity contribution in [3.05, 3.63) is 29.3 Å². The van der Waals surface area contributed by atoms with Gasteiger partial charge in [-0.25, -0.2) is 0 Å². The predicted octanol–water partition coefficient (Wildman–Crippen LogP) is 5.01. The summed E-state index contributed by atoms with van der Waals surface area (Å²) in [6.45, 7) is 0. The first-order valence-electron chi connectivity index (χ1n) is 4.91. The standard InChI is InChI=1S/C11H9BrClF3OS/c12-4-3-10(17)9-5-8(18-11(14,15)16)2-1-7(9)6-13/h1-2,5H,3-4,6H2. The summed E-state index contributed by atoms with van der Waals surface area (Å²) in [5.74, 6) is -0.118. The highest BCUT2D eigenvalue weighted by Gasteiger charge is 2.29. The molecule has 0 saturated carbocycles. The molecule has 7 heteroatoms. The fraction of sp³-hybridized carbons (Fsp3) is 0.364. The van der Waals surface area contributed by atoms with Crippen LogP contribution in [0.1, 0.15) is 22.3 Å². The molecule has 1 rings (SSSR count). The minimum atomic E-state index is -4.36. The van der Waals surface area contributed by atoms with Crippen LogP contribution in [0.5, 0.6) is 0 Å². The van der Waals surface area contributed by atoms with Crippen LogP contribution in [-0.4, -0.2) is 16.6 Å². The number of rotatable bonds is 5. The van der Waals surface area contributed by atoms with Gasteiger partial charge in [-0.3, -0.25) is 4.79 Å². The highest BCUT2D eigenvalue weighted by atomic mass is 79.9. The topological polar surface area (TPSA) is 17.1 Å². The molecule has 0 N–H and O–H groups in total. The zero-order valence-electron chi connectivity index (χ0n) is 9.06. The average molecular weight is 362 g/mol. The van der Waals surface area contributed by atoms with E-state index >= 15 is 0 Å². The van der Waals surface area contributed by atoms with Crippen LogP contribution in [0.4, 0.5) is 13.2 Å². The Bertz CT molecular complexity index is 437. The van der Waals surface area contributed by atoms with Gasteiger partial charge in [0.05, 0.1) is 0 Å². The molecule has 0 atom stereocenters. The van der Waals surface area contributed by atoms with Crippen LogP contribution in [0.3, 0.4) is 0 Å². The van der Waals surface area contributed by atoms with E-state index in [4.69, 9.17) is 11.6 Å².